The number of rotatable bonds is 12. The van der Waals surface area contributed by atoms with Gasteiger partial charge in [0.1, 0.15) is 0 Å². The minimum absolute atomic E-state index is 0.0466. The molecule has 2 heterocycles. The zero-order chi connectivity index (χ0) is 21.9. The van der Waals surface area contributed by atoms with Crippen LogP contribution in [0, 0.1) is 5.92 Å². The molecule has 3 rings (SSSR count). The highest BCUT2D eigenvalue weighted by Gasteiger charge is 2.16. The maximum Gasteiger partial charge on any atom is 0.230 e. The van der Waals surface area contributed by atoms with Gasteiger partial charge < -0.3 is 10.1 Å². The molecular weight excluding hydrogens is 410 g/mol. The van der Waals surface area contributed by atoms with Gasteiger partial charge >= 0.3 is 0 Å². The summed E-state index contributed by atoms with van der Waals surface area (Å²) < 4.78 is 7.57. The standard InChI is InChI=1S/C23H29N5O2S/c1-18(2)10-13-30-14-12-25-21(29)17-31-23-27-26-22(20-9-6-11-24-15-20)28(23)16-19-7-4-3-5-8-19/h3-9,11,15,18H,10,12-14,16-17H2,1-2H3,(H,25,29). The molecule has 0 radical (unpaired) electrons. The average Bonchev–Trinajstić information content (AvgIpc) is 3.18. The number of pyridine rings is 1. The second-order valence-corrected chi connectivity index (χ2v) is 8.50. The van der Waals surface area contributed by atoms with Crippen LogP contribution in [0.5, 0.6) is 0 Å². The van der Waals surface area contributed by atoms with E-state index < -0.39 is 0 Å². The van der Waals surface area contributed by atoms with E-state index in [4.69, 9.17) is 4.74 Å². The zero-order valence-electron chi connectivity index (χ0n) is 18.0. The number of thioether (sulfide) groups is 1. The van der Waals surface area contributed by atoms with Crippen LogP contribution in [0.1, 0.15) is 25.8 Å². The Kier molecular flexibility index (Phi) is 9.05. The van der Waals surface area contributed by atoms with E-state index in [9.17, 15) is 4.79 Å². The summed E-state index contributed by atoms with van der Waals surface area (Å²) in [7, 11) is 0. The minimum atomic E-state index is -0.0466. The summed E-state index contributed by atoms with van der Waals surface area (Å²) in [5.74, 6) is 1.58. The highest BCUT2D eigenvalue weighted by molar-refractivity contribution is 7.99. The van der Waals surface area contributed by atoms with E-state index in [2.05, 4.69) is 46.5 Å². The number of nitrogens with one attached hydrogen (secondary N) is 1. The summed E-state index contributed by atoms with van der Waals surface area (Å²) in [6, 6.07) is 14.0. The van der Waals surface area contributed by atoms with Gasteiger partial charge in [-0.05, 0) is 30.0 Å². The summed E-state index contributed by atoms with van der Waals surface area (Å²) in [5.41, 5.74) is 2.03. The molecule has 0 fully saturated rings. The summed E-state index contributed by atoms with van der Waals surface area (Å²) in [5, 5.41) is 12.3. The van der Waals surface area contributed by atoms with Crippen molar-refractivity contribution in [1.82, 2.24) is 25.1 Å². The Morgan fingerprint density at radius 3 is 2.71 bits per heavy atom. The highest BCUT2D eigenvalue weighted by atomic mass is 32.2. The van der Waals surface area contributed by atoms with Crippen LogP contribution in [0.3, 0.4) is 0 Å². The Hall–Kier alpha value is -2.71. The lowest BCUT2D eigenvalue weighted by Gasteiger charge is -2.11. The summed E-state index contributed by atoms with van der Waals surface area (Å²) in [6.45, 7) is 6.71. The first-order valence-electron chi connectivity index (χ1n) is 10.5. The van der Waals surface area contributed by atoms with Gasteiger partial charge in [-0.1, -0.05) is 55.9 Å². The van der Waals surface area contributed by atoms with Crippen LogP contribution in [0.2, 0.25) is 0 Å². The molecule has 0 saturated heterocycles. The maximum atomic E-state index is 12.2. The molecule has 1 N–H and O–H groups in total. The van der Waals surface area contributed by atoms with Gasteiger partial charge in [-0.2, -0.15) is 0 Å². The number of nitrogens with zero attached hydrogens (tertiary/aromatic N) is 4. The molecule has 0 aliphatic heterocycles. The number of hydrogen-bond donors (Lipinski definition) is 1. The van der Waals surface area contributed by atoms with Crippen molar-refractivity contribution in [2.24, 2.45) is 5.92 Å². The topological polar surface area (TPSA) is 81.9 Å². The van der Waals surface area contributed by atoms with Gasteiger partial charge in [-0.15, -0.1) is 10.2 Å². The number of amides is 1. The smallest absolute Gasteiger partial charge is 0.230 e. The lowest BCUT2D eigenvalue weighted by atomic mass is 10.1. The molecule has 8 heteroatoms. The van der Waals surface area contributed by atoms with Gasteiger partial charge in [0.25, 0.3) is 0 Å². The Bertz CT molecular complexity index is 932. The summed E-state index contributed by atoms with van der Waals surface area (Å²) >= 11 is 1.38. The van der Waals surface area contributed by atoms with E-state index in [0.717, 1.165) is 30.0 Å². The van der Waals surface area contributed by atoms with Gasteiger partial charge in [0, 0.05) is 31.1 Å². The normalized spacial score (nSPS) is 11.1. The predicted molar refractivity (Wildman–Crippen MR) is 123 cm³/mol. The molecule has 7 nitrogen and oxygen atoms in total. The molecule has 0 unspecified atom stereocenters. The second kappa shape index (κ2) is 12.2. The minimum Gasteiger partial charge on any atom is -0.380 e. The fraction of sp³-hybridized carbons (Fsp3) is 0.391. The molecule has 2 aromatic heterocycles. The molecular formula is C23H29N5O2S. The lowest BCUT2D eigenvalue weighted by Crippen LogP contribution is -2.29. The van der Waals surface area contributed by atoms with Crippen LogP contribution in [0.15, 0.2) is 60.0 Å². The molecule has 1 amide bonds. The average molecular weight is 440 g/mol. The van der Waals surface area contributed by atoms with E-state index in [-0.39, 0.29) is 11.7 Å². The summed E-state index contributed by atoms with van der Waals surface area (Å²) in [6.07, 6.45) is 4.53. The van der Waals surface area contributed by atoms with Crippen molar-refractivity contribution in [3.63, 3.8) is 0 Å². The number of carbonyl (C=O) groups is 1. The molecule has 1 aromatic carbocycles. The Morgan fingerprint density at radius 1 is 1.13 bits per heavy atom. The van der Waals surface area contributed by atoms with Crippen molar-refractivity contribution in [2.75, 3.05) is 25.5 Å². The van der Waals surface area contributed by atoms with Crippen LogP contribution in [-0.4, -0.2) is 51.2 Å². The maximum absolute atomic E-state index is 12.2. The Morgan fingerprint density at radius 2 is 1.97 bits per heavy atom. The van der Waals surface area contributed by atoms with Crippen molar-refractivity contribution < 1.29 is 9.53 Å². The third-order valence-corrected chi connectivity index (χ3v) is 5.53. The van der Waals surface area contributed by atoms with E-state index >= 15 is 0 Å². The fourth-order valence-corrected chi connectivity index (χ4v) is 3.65. The quantitative estimate of drug-likeness (QED) is 0.343. The van der Waals surface area contributed by atoms with Gasteiger partial charge in [0.2, 0.25) is 5.91 Å². The Balaban J connectivity index is 1.59. The van der Waals surface area contributed by atoms with Crippen molar-refractivity contribution in [3.8, 4) is 11.4 Å². The van der Waals surface area contributed by atoms with E-state index in [1.54, 1.807) is 12.4 Å². The second-order valence-electron chi connectivity index (χ2n) is 7.55. The lowest BCUT2D eigenvalue weighted by molar-refractivity contribution is -0.118. The predicted octanol–water partition coefficient (Wildman–Crippen LogP) is 3.66. The zero-order valence-corrected chi connectivity index (χ0v) is 18.8. The fourth-order valence-electron chi connectivity index (χ4n) is 2.88. The van der Waals surface area contributed by atoms with Crippen LogP contribution in [0.25, 0.3) is 11.4 Å². The molecule has 0 atom stereocenters. The molecule has 164 valence electrons. The van der Waals surface area contributed by atoms with E-state index in [0.29, 0.717) is 30.8 Å². The van der Waals surface area contributed by atoms with Crippen molar-refractivity contribution in [2.45, 2.75) is 32.0 Å². The molecule has 0 spiro atoms. The van der Waals surface area contributed by atoms with Crippen LogP contribution < -0.4 is 5.32 Å². The van der Waals surface area contributed by atoms with Gasteiger partial charge in [0.15, 0.2) is 11.0 Å². The molecule has 0 aliphatic rings. The van der Waals surface area contributed by atoms with Gasteiger partial charge in [-0.25, -0.2) is 0 Å². The molecule has 3 aromatic rings. The van der Waals surface area contributed by atoms with E-state index in [1.807, 2.05) is 34.9 Å². The first kappa shape index (κ1) is 23.0. The molecule has 0 saturated carbocycles. The van der Waals surface area contributed by atoms with Crippen molar-refractivity contribution in [1.29, 1.82) is 0 Å². The third-order valence-electron chi connectivity index (χ3n) is 4.56. The van der Waals surface area contributed by atoms with Gasteiger partial charge in [-0.3, -0.25) is 14.3 Å². The van der Waals surface area contributed by atoms with E-state index in [1.165, 1.54) is 11.8 Å². The number of hydrogen-bond acceptors (Lipinski definition) is 6. The van der Waals surface area contributed by atoms with Crippen LogP contribution >= 0.6 is 11.8 Å². The third kappa shape index (κ3) is 7.48. The first-order valence-corrected chi connectivity index (χ1v) is 11.5. The number of ether oxygens (including phenoxy) is 1. The van der Waals surface area contributed by atoms with Gasteiger partial charge in [0.05, 0.1) is 18.9 Å². The summed E-state index contributed by atoms with van der Waals surface area (Å²) in [4.78, 5) is 16.4. The number of benzene rings is 1. The SMILES string of the molecule is CC(C)CCOCCNC(=O)CSc1nnc(-c2cccnc2)n1Cc1ccccc1. The Labute approximate surface area is 187 Å². The number of aromatic nitrogens is 4. The monoisotopic (exact) mass is 439 g/mol. The molecule has 31 heavy (non-hydrogen) atoms. The van der Waals surface area contributed by atoms with Crippen LogP contribution in [0.4, 0.5) is 0 Å². The highest BCUT2D eigenvalue weighted by Crippen LogP contribution is 2.24. The largest absolute Gasteiger partial charge is 0.380 e. The van der Waals surface area contributed by atoms with Crippen LogP contribution in [-0.2, 0) is 16.1 Å². The molecule has 0 bridgehead atoms. The van der Waals surface area contributed by atoms with Crippen molar-refractivity contribution >= 4 is 17.7 Å². The number of carbonyl (C=O) groups excluding carboxylic acids is 1. The first-order chi connectivity index (χ1) is 15.1. The molecule has 0 aliphatic carbocycles. The van der Waals surface area contributed by atoms with Crippen molar-refractivity contribution in [3.05, 3.63) is 60.4 Å².